The zero-order valence-electron chi connectivity index (χ0n) is 18.7. The van der Waals surface area contributed by atoms with Gasteiger partial charge in [0.05, 0.1) is 0 Å². The van der Waals surface area contributed by atoms with Crippen molar-refractivity contribution < 1.29 is 13.1 Å². The van der Waals surface area contributed by atoms with E-state index in [0.29, 0.717) is 0 Å². The molecule has 0 aromatic rings. The molecule has 8 bridgehead atoms. The van der Waals surface area contributed by atoms with Crippen LogP contribution in [0.2, 0.25) is 19.1 Å². The van der Waals surface area contributed by atoms with Crippen LogP contribution in [0.4, 0.5) is 0 Å². The van der Waals surface area contributed by atoms with Gasteiger partial charge in [-0.2, -0.15) is 0 Å². The Hall–Kier alpha value is 0.532. The van der Waals surface area contributed by atoms with Crippen molar-refractivity contribution in [3.63, 3.8) is 0 Å². The van der Waals surface area contributed by atoms with Gasteiger partial charge in [0.15, 0.2) is 0 Å². The molecule has 12 atom stereocenters. The molecule has 1 heteroatoms. The Kier molecular flexibility index (Phi) is 3.92. The van der Waals surface area contributed by atoms with Gasteiger partial charge in [-0.3, -0.25) is 0 Å². The summed E-state index contributed by atoms with van der Waals surface area (Å²) in [6.45, 7) is 0. The van der Waals surface area contributed by atoms with E-state index in [9.17, 15) is 0 Å². The molecule has 0 aromatic carbocycles. The third kappa shape index (κ3) is 2.35. The fraction of sp³-hybridized carbons (Fsp3) is 1.00. The number of hydrogen-bond acceptors (Lipinski definition) is 0. The minimum absolute atomic E-state index is 1.19. The maximum absolute atomic E-state index is 1.76. The summed E-state index contributed by atoms with van der Waals surface area (Å²) in [5.41, 5.74) is 0. The van der Waals surface area contributed by atoms with Crippen molar-refractivity contribution in [1.29, 1.82) is 0 Å². The summed E-state index contributed by atoms with van der Waals surface area (Å²) in [6.07, 6.45) is 27.1. The minimum atomic E-state index is -1.54. The zero-order valence-corrected chi connectivity index (χ0v) is 19.9. The first-order valence-electron chi connectivity index (χ1n) is 14.1. The standard InChI is InChI=1S/4C7H11.Cr/c4*1-2-7-4-3-6(1)5-7;/h4*1,6-7H,2-5H2;. The normalized spacial score (nSPS) is 62.3. The average Bonchev–Trinajstić information content (AvgIpc) is 3.58. The third-order valence-electron chi connectivity index (χ3n) is 12.8. The molecule has 0 spiro atoms. The zero-order chi connectivity index (χ0) is 18.7. The number of rotatable bonds is 4. The van der Waals surface area contributed by atoms with Crippen molar-refractivity contribution in [1.82, 2.24) is 0 Å². The van der Waals surface area contributed by atoms with Crippen LogP contribution in [0.5, 0.6) is 0 Å². The molecule has 0 heterocycles. The van der Waals surface area contributed by atoms with Gasteiger partial charge in [0.2, 0.25) is 0 Å². The van der Waals surface area contributed by atoms with E-state index in [0.717, 1.165) is 0 Å². The van der Waals surface area contributed by atoms with Gasteiger partial charge in [-0.25, -0.2) is 0 Å². The van der Waals surface area contributed by atoms with Crippen LogP contribution >= 0.6 is 0 Å². The SMILES string of the molecule is C1CC2CC1C[CH]2[Cr]([CH]1CC2CCC1C2)([CH]1CC2CCC1C2)[CH]1CC2CCC1C2. The summed E-state index contributed by atoms with van der Waals surface area (Å²) in [7, 11) is 0. The van der Waals surface area contributed by atoms with Crippen LogP contribution in [-0.4, -0.2) is 0 Å². The summed E-state index contributed by atoms with van der Waals surface area (Å²) in [5.74, 6) is 9.70. The van der Waals surface area contributed by atoms with E-state index in [1.165, 1.54) is 66.5 Å². The first-order chi connectivity index (χ1) is 14.3. The van der Waals surface area contributed by atoms with E-state index in [2.05, 4.69) is 0 Å². The Labute approximate surface area is 182 Å². The monoisotopic (exact) mass is 432 g/mol. The molecule has 0 radical (unpaired) electrons. The molecule has 0 aliphatic heterocycles. The molecule has 8 fully saturated rings. The molecule has 8 aliphatic rings. The van der Waals surface area contributed by atoms with Gasteiger partial charge in [-0.15, -0.1) is 0 Å². The van der Waals surface area contributed by atoms with Crippen LogP contribution in [0.3, 0.4) is 0 Å². The summed E-state index contributed by atoms with van der Waals surface area (Å²) >= 11 is -1.54. The van der Waals surface area contributed by atoms with Crippen molar-refractivity contribution in [2.45, 2.75) is 122 Å². The summed E-state index contributed by atoms with van der Waals surface area (Å²) in [4.78, 5) is 0. The molecule has 8 rings (SSSR count). The number of hydrogen-bond donors (Lipinski definition) is 0. The van der Waals surface area contributed by atoms with Gasteiger partial charge < -0.3 is 0 Å². The summed E-state index contributed by atoms with van der Waals surface area (Å²) in [5, 5.41) is 0. The second-order valence-electron chi connectivity index (χ2n) is 13.7. The summed E-state index contributed by atoms with van der Waals surface area (Å²) in [6, 6.07) is 0. The summed E-state index contributed by atoms with van der Waals surface area (Å²) < 4.78 is 5.34. The maximum atomic E-state index is 1.76. The Morgan fingerprint density at radius 1 is 0.310 bits per heavy atom. The van der Waals surface area contributed by atoms with Crippen molar-refractivity contribution in [3.8, 4) is 0 Å². The van der Waals surface area contributed by atoms with E-state index in [-0.39, 0.29) is 0 Å². The second-order valence-corrected chi connectivity index (χ2v) is 20.0. The van der Waals surface area contributed by atoms with Crippen molar-refractivity contribution in [3.05, 3.63) is 0 Å². The average molecular weight is 433 g/mol. The molecule has 0 saturated heterocycles. The van der Waals surface area contributed by atoms with E-state index >= 15 is 0 Å². The van der Waals surface area contributed by atoms with Gasteiger partial charge in [-0.1, -0.05) is 0 Å². The Bertz CT molecular complexity index is 566. The van der Waals surface area contributed by atoms with Crippen LogP contribution in [0.25, 0.3) is 0 Å². The van der Waals surface area contributed by atoms with E-state index in [1.54, 1.807) is 103 Å². The third-order valence-corrected chi connectivity index (χ3v) is 22.9. The Balaban J connectivity index is 1.29. The van der Waals surface area contributed by atoms with E-state index < -0.39 is 13.1 Å². The molecule has 0 N–H and O–H groups in total. The van der Waals surface area contributed by atoms with Gasteiger partial charge in [0.25, 0.3) is 0 Å². The van der Waals surface area contributed by atoms with Crippen molar-refractivity contribution in [2.24, 2.45) is 47.3 Å². The van der Waals surface area contributed by atoms with Crippen LogP contribution in [-0.2, 0) is 13.1 Å². The second kappa shape index (κ2) is 6.31. The van der Waals surface area contributed by atoms with E-state index in [4.69, 9.17) is 0 Å². The van der Waals surface area contributed by atoms with Crippen LogP contribution in [0.1, 0.15) is 103 Å². The van der Waals surface area contributed by atoms with Crippen LogP contribution in [0, 0.1) is 47.3 Å². The molecule has 12 unspecified atom stereocenters. The van der Waals surface area contributed by atoms with Crippen molar-refractivity contribution in [2.75, 3.05) is 0 Å². The van der Waals surface area contributed by atoms with E-state index in [1.807, 2.05) is 0 Å². The molecule has 29 heavy (non-hydrogen) atoms. The first kappa shape index (κ1) is 18.0. The van der Waals surface area contributed by atoms with Gasteiger partial charge in [-0.05, 0) is 0 Å². The molecule has 8 saturated carbocycles. The Morgan fingerprint density at radius 3 is 0.759 bits per heavy atom. The fourth-order valence-electron chi connectivity index (χ4n) is 12.1. The quantitative estimate of drug-likeness (QED) is 0.417. The predicted octanol–water partition coefficient (Wildman–Crippen LogP) is 8.57. The molecule has 0 nitrogen and oxygen atoms in total. The first-order valence-corrected chi connectivity index (χ1v) is 17.0. The van der Waals surface area contributed by atoms with Crippen LogP contribution < -0.4 is 0 Å². The van der Waals surface area contributed by atoms with Crippen molar-refractivity contribution >= 4 is 0 Å². The van der Waals surface area contributed by atoms with Gasteiger partial charge >= 0.3 is 182 Å². The molecule has 0 amide bonds. The topological polar surface area (TPSA) is 0 Å². The number of fused-ring (bicyclic) bond motifs is 8. The molecule has 0 aromatic heterocycles. The predicted molar refractivity (Wildman–Crippen MR) is 117 cm³/mol. The molecule has 8 aliphatic carbocycles. The fourth-order valence-corrected chi connectivity index (χ4v) is 25.8. The molecule has 162 valence electrons. The Morgan fingerprint density at radius 2 is 0.586 bits per heavy atom. The van der Waals surface area contributed by atoms with Gasteiger partial charge in [0.1, 0.15) is 0 Å². The van der Waals surface area contributed by atoms with Crippen LogP contribution in [0.15, 0.2) is 0 Å². The van der Waals surface area contributed by atoms with Gasteiger partial charge in [0, 0.05) is 0 Å². The molecular weight excluding hydrogens is 388 g/mol. The molecular formula is C28H44Cr.